The zero-order valence-electron chi connectivity index (χ0n) is 51.0. The Bertz CT molecular complexity index is 2890. The molecule has 0 bridgehead atoms. The lowest BCUT2D eigenvalue weighted by Crippen LogP contribution is -2.56. The summed E-state index contributed by atoms with van der Waals surface area (Å²) in [5.41, 5.74) is 3.04. The van der Waals surface area contributed by atoms with Crippen molar-refractivity contribution in [1.82, 2.24) is 55.7 Å². The standard InChI is InChI=1S/C61H86F2N12O13S/c1-42-9-11-44(12-10-42)6-4-8-52(76)66-19-31-89-40-51(69-53(77)36-70-22-24-71(37-55(79)80)26-28-73(39-57(83)84)29-27-72(25-23-70)38-56(81)82)59(86)68-43(2)60(87)74-20-16-45(17-21-74)7-5-30-88-47-13-14-50-49(32-47)48(15-18-65-50)58(85)67-35-54(78)75-41-61(62,63)33-46(75)34-64-3/h9-15,18,32,34,43,45-46,51H,4-8,16-17,19-31,33,35-41H2,1-3H3,(H,66,76)(H,67,85)(H,68,86)(H,69,77)(H,79,80)(H,81,82)(H,83,84)/b64-34+/t43-,46+,51-/m0/s1. The second-order valence-electron chi connectivity index (χ2n) is 22.9. The van der Waals surface area contributed by atoms with Gasteiger partial charge in [-0.2, -0.15) is 11.8 Å². The summed E-state index contributed by atoms with van der Waals surface area (Å²) in [7, 11) is 1.44. The molecule has 488 valence electrons. The number of benzene rings is 2. The second-order valence-corrected chi connectivity index (χ2v) is 24.1. The van der Waals surface area contributed by atoms with Crippen LogP contribution < -0.4 is 26.0 Å². The van der Waals surface area contributed by atoms with Gasteiger partial charge in [0.05, 0.1) is 63.0 Å². The van der Waals surface area contributed by atoms with E-state index in [0.29, 0.717) is 80.8 Å². The number of carbonyl (C=O) groups is 9. The Labute approximate surface area is 521 Å². The molecule has 0 spiro atoms. The molecule has 3 aliphatic heterocycles. The number of piperidine rings is 1. The summed E-state index contributed by atoms with van der Waals surface area (Å²) in [4.78, 5) is 134. The van der Waals surface area contributed by atoms with Crippen molar-refractivity contribution in [3.8, 4) is 5.75 Å². The van der Waals surface area contributed by atoms with Crippen LogP contribution in [0.25, 0.3) is 10.9 Å². The lowest BCUT2D eigenvalue weighted by Gasteiger charge is -2.34. The maximum atomic E-state index is 14.2. The number of aromatic nitrogens is 1. The van der Waals surface area contributed by atoms with Gasteiger partial charge in [-0.05, 0) is 88.1 Å². The van der Waals surface area contributed by atoms with E-state index >= 15 is 0 Å². The molecule has 0 radical (unpaired) electrons. The molecular weight excluding hydrogens is 1180 g/mol. The van der Waals surface area contributed by atoms with Gasteiger partial charge in [-0.15, -0.1) is 0 Å². The number of nitrogens with zero attached hydrogens (tertiary/aromatic N) is 8. The molecule has 89 heavy (non-hydrogen) atoms. The quantitative estimate of drug-likeness (QED) is 0.0371. The van der Waals surface area contributed by atoms with E-state index in [1.54, 1.807) is 49.6 Å². The van der Waals surface area contributed by atoms with Crippen LogP contribution >= 0.6 is 11.8 Å². The Kier molecular flexibility index (Phi) is 28.4. The Morgan fingerprint density at radius 2 is 1.38 bits per heavy atom. The molecule has 3 aromatic rings. The van der Waals surface area contributed by atoms with Gasteiger partial charge in [-0.25, -0.2) is 8.78 Å². The van der Waals surface area contributed by atoms with E-state index in [1.165, 1.54) is 37.3 Å². The summed E-state index contributed by atoms with van der Waals surface area (Å²) in [6.45, 7) is 4.22. The zero-order chi connectivity index (χ0) is 64.5. The van der Waals surface area contributed by atoms with Crippen molar-refractivity contribution >= 4 is 82.2 Å². The number of hydrogen-bond acceptors (Lipinski definition) is 17. The van der Waals surface area contributed by atoms with Crippen molar-refractivity contribution in [2.24, 2.45) is 10.9 Å². The van der Waals surface area contributed by atoms with Crippen molar-refractivity contribution in [3.05, 3.63) is 71.4 Å². The molecule has 6 rings (SSSR count). The molecule has 25 nitrogen and oxygen atoms in total. The number of carboxylic acid groups (broad SMARTS) is 3. The minimum Gasteiger partial charge on any atom is -0.494 e. The molecule has 1 aromatic heterocycles. The van der Waals surface area contributed by atoms with E-state index < -0.39 is 85.1 Å². The zero-order valence-corrected chi connectivity index (χ0v) is 51.9. The number of rotatable bonds is 30. The van der Waals surface area contributed by atoms with Gasteiger partial charge in [-0.1, -0.05) is 29.8 Å². The summed E-state index contributed by atoms with van der Waals surface area (Å²) >= 11 is 1.33. The largest absolute Gasteiger partial charge is 0.494 e. The van der Waals surface area contributed by atoms with Crippen LogP contribution in [0.3, 0.4) is 0 Å². The van der Waals surface area contributed by atoms with E-state index in [2.05, 4.69) is 31.2 Å². The topological polar surface area (TPSA) is 316 Å². The third-order valence-corrected chi connectivity index (χ3v) is 16.9. The van der Waals surface area contributed by atoms with Crippen LogP contribution in [0, 0.1) is 12.8 Å². The van der Waals surface area contributed by atoms with Crippen LogP contribution in [0.5, 0.6) is 5.75 Å². The number of nitrogens with one attached hydrogen (secondary N) is 4. The first kappa shape index (κ1) is 70.7. The number of thioether (sulfide) groups is 1. The molecule has 3 saturated heterocycles. The number of aryl methyl sites for hydroxylation is 2. The summed E-state index contributed by atoms with van der Waals surface area (Å²) in [5.74, 6) is -7.81. The first-order valence-electron chi connectivity index (χ1n) is 30.3. The predicted octanol–water partition coefficient (Wildman–Crippen LogP) is 1.94. The molecule has 4 heterocycles. The van der Waals surface area contributed by atoms with Crippen LogP contribution in [0.1, 0.15) is 73.4 Å². The number of likely N-dealkylation sites (tertiary alicyclic amines) is 2. The number of halogens is 2. The first-order valence-corrected chi connectivity index (χ1v) is 31.4. The van der Waals surface area contributed by atoms with Gasteiger partial charge in [0.15, 0.2) is 0 Å². The summed E-state index contributed by atoms with van der Waals surface area (Å²) in [5, 5.41) is 40.5. The molecular formula is C61H86F2N12O13S. The highest BCUT2D eigenvalue weighted by molar-refractivity contribution is 7.99. The van der Waals surface area contributed by atoms with Crippen molar-refractivity contribution in [2.45, 2.75) is 89.3 Å². The number of fused-ring (bicyclic) bond motifs is 1. The van der Waals surface area contributed by atoms with Crippen LogP contribution in [0.2, 0.25) is 0 Å². The Hall–Kier alpha value is -7.40. The highest BCUT2D eigenvalue weighted by Crippen LogP contribution is 2.31. The van der Waals surface area contributed by atoms with Gasteiger partial charge in [0, 0.05) is 121 Å². The number of aliphatic imine (C=N–C) groups is 1. The number of carbonyl (C=O) groups excluding carboxylic acids is 6. The molecule has 6 amide bonds. The Morgan fingerprint density at radius 1 is 0.775 bits per heavy atom. The average Bonchev–Trinajstić information content (AvgIpc) is 3.00. The minimum absolute atomic E-state index is 0.0898. The van der Waals surface area contributed by atoms with Crippen LogP contribution in [-0.4, -0.2) is 270 Å². The van der Waals surface area contributed by atoms with E-state index in [0.717, 1.165) is 28.9 Å². The van der Waals surface area contributed by atoms with Gasteiger partial charge in [-0.3, -0.25) is 72.7 Å². The minimum atomic E-state index is -3.06. The van der Waals surface area contributed by atoms with Crippen molar-refractivity contribution in [3.63, 3.8) is 0 Å². The molecule has 7 N–H and O–H groups in total. The lowest BCUT2D eigenvalue weighted by molar-refractivity contribution is -0.140. The molecule has 3 atom stereocenters. The molecule has 0 aliphatic carbocycles. The van der Waals surface area contributed by atoms with Gasteiger partial charge in [0.25, 0.3) is 11.8 Å². The predicted molar refractivity (Wildman–Crippen MR) is 330 cm³/mol. The fraction of sp³-hybridized carbons (Fsp3) is 0.590. The molecule has 3 aliphatic rings. The SMILES string of the molecule is C/N=C/[C@H]1CC(F)(F)CN1C(=O)CNC(=O)c1ccnc2ccc(OCCCC3CCN(C(=O)[C@H](C)NC(=O)[C@H](CSCCNC(=O)CCCc4ccc(C)cc4)NC(=O)CN4CCN(CC(=O)O)CCN(CC(=O)O)CCN(CC(=O)O)CC4)CC3)cc12. The molecule has 2 aromatic carbocycles. The third kappa shape index (κ3) is 24.5. The number of aliphatic carboxylic acids is 3. The van der Waals surface area contributed by atoms with Crippen LogP contribution in [0.15, 0.2) is 59.7 Å². The van der Waals surface area contributed by atoms with E-state index in [1.807, 2.05) is 31.2 Å². The third-order valence-electron chi connectivity index (χ3n) is 15.9. The summed E-state index contributed by atoms with van der Waals surface area (Å²) in [6, 6.07) is 11.9. The summed E-state index contributed by atoms with van der Waals surface area (Å²) in [6.07, 6.45) is 6.90. The van der Waals surface area contributed by atoms with Crippen LogP contribution in [0.4, 0.5) is 8.78 Å². The van der Waals surface area contributed by atoms with E-state index in [-0.39, 0.29) is 108 Å². The highest BCUT2D eigenvalue weighted by atomic mass is 32.2. The molecule has 0 unspecified atom stereocenters. The van der Waals surface area contributed by atoms with E-state index in [9.17, 15) is 67.3 Å². The Morgan fingerprint density at radius 3 is 1.98 bits per heavy atom. The molecule has 3 fully saturated rings. The first-order chi connectivity index (χ1) is 42.5. The average molecular weight is 1270 g/mol. The smallest absolute Gasteiger partial charge is 0.317 e. The second kappa shape index (κ2) is 35.7. The van der Waals surface area contributed by atoms with Gasteiger partial charge in [0.1, 0.15) is 17.8 Å². The number of hydrogen-bond donors (Lipinski definition) is 7. The maximum Gasteiger partial charge on any atom is 0.317 e. The van der Waals surface area contributed by atoms with Crippen molar-refractivity contribution in [1.29, 1.82) is 0 Å². The van der Waals surface area contributed by atoms with Gasteiger partial charge in [0.2, 0.25) is 29.5 Å². The van der Waals surface area contributed by atoms with Gasteiger partial charge < -0.3 is 51.1 Å². The van der Waals surface area contributed by atoms with E-state index in [4.69, 9.17) is 4.74 Å². The number of ether oxygens (including phenoxy) is 1. The normalized spacial score (nSPS) is 18.3. The van der Waals surface area contributed by atoms with Crippen molar-refractivity contribution in [2.75, 3.05) is 136 Å². The fourth-order valence-corrected chi connectivity index (χ4v) is 11.9. The number of carboxylic acids is 3. The molecule has 28 heteroatoms. The maximum absolute atomic E-state index is 14.2. The summed E-state index contributed by atoms with van der Waals surface area (Å²) < 4.78 is 34.4. The lowest BCUT2D eigenvalue weighted by atomic mass is 9.92. The number of alkyl halides is 2. The van der Waals surface area contributed by atoms with Crippen LogP contribution in [-0.2, 0) is 44.8 Å². The van der Waals surface area contributed by atoms with Crippen molar-refractivity contribution < 1.29 is 72.0 Å². The monoisotopic (exact) mass is 1260 g/mol. The fourth-order valence-electron chi connectivity index (χ4n) is 11.0. The van der Waals surface area contributed by atoms with Gasteiger partial charge >= 0.3 is 17.9 Å². The Balaban J connectivity index is 1.000. The molecule has 0 saturated carbocycles. The number of amides is 6. The highest BCUT2D eigenvalue weighted by Gasteiger charge is 2.46. The number of pyridine rings is 1.